The molecule has 1 aliphatic rings. The van der Waals surface area contributed by atoms with Gasteiger partial charge in [-0.2, -0.15) is 0 Å². The first-order valence-electron chi connectivity index (χ1n) is 10.8. The maximum Gasteiger partial charge on any atom is 0.270 e. The minimum absolute atomic E-state index is 0.0950. The molecule has 7 heteroatoms. The Morgan fingerprint density at radius 1 is 1.03 bits per heavy atom. The fourth-order valence-electron chi connectivity index (χ4n) is 3.59. The lowest BCUT2D eigenvalue weighted by Crippen LogP contribution is -2.28. The topological polar surface area (TPSA) is 58.6 Å². The minimum atomic E-state index is -0.228. The largest absolute Gasteiger partial charge is 0.484 e. The van der Waals surface area contributed by atoms with Crippen LogP contribution >= 0.6 is 24.0 Å². The molecule has 0 radical (unpaired) electrons. The van der Waals surface area contributed by atoms with Crippen LogP contribution in [0.3, 0.4) is 0 Å². The van der Waals surface area contributed by atoms with Gasteiger partial charge in [-0.25, -0.2) is 0 Å². The van der Waals surface area contributed by atoms with Gasteiger partial charge in [-0.3, -0.25) is 14.5 Å². The number of hydrogen-bond donors (Lipinski definition) is 1. The van der Waals surface area contributed by atoms with Crippen molar-refractivity contribution in [3.8, 4) is 5.75 Å². The van der Waals surface area contributed by atoms with Gasteiger partial charge in [-0.15, -0.1) is 0 Å². The molecule has 172 valence electrons. The highest BCUT2D eigenvalue weighted by molar-refractivity contribution is 8.27. The zero-order valence-corrected chi connectivity index (χ0v) is 20.8. The molecule has 0 aromatic heterocycles. The monoisotopic (exact) mass is 488 g/mol. The van der Waals surface area contributed by atoms with Gasteiger partial charge in [0, 0.05) is 5.69 Å². The molecule has 2 amide bonds. The standard InChI is InChI=1S/C27H24N2O3S2/c1-17-8-13-23(19(3)14-17)29-26(31)24(34-27(29)33)15-20-9-11-21(12-10-20)32-16-25(30)28-22-7-5-4-6-18(22)2/h4-15H,16H2,1-3H3,(H,28,30)/b24-15+. The number of rotatable bonds is 6. The molecule has 1 aliphatic heterocycles. The number of amides is 2. The molecule has 1 heterocycles. The average Bonchev–Trinajstić information content (AvgIpc) is 3.08. The van der Waals surface area contributed by atoms with Crippen LogP contribution in [-0.4, -0.2) is 22.7 Å². The Balaban J connectivity index is 1.39. The Morgan fingerprint density at radius 3 is 2.47 bits per heavy atom. The zero-order chi connectivity index (χ0) is 24.2. The van der Waals surface area contributed by atoms with Gasteiger partial charge in [-0.1, -0.05) is 72.0 Å². The molecule has 34 heavy (non-hydrogen) atoms. The molecule has 0 spiro atoms. The fraction of sp³-hybridized carbons (Fsp3) is 0.148. The Labute approximate surface area is 208 Å². The number of ether oxygens (including phenoxy) is 1. The SMILES string of the molecule is Cc1ccc(N2C(=O)/C(=C\c3ccc(OCC(=O)Nc4ccccc4C)cc3)SC2=S)c(C)c1. The van der Waals surface area contributed by atoms with E-state index in [1.54, 1.807) is 17.0 Å². The molecule has 1 fully saturated rings. The summed E-state index contributed by atoms with van der Waals surface area (Å²) in [6.07, 6.45) is 1.82. The Hall–Kier alpha value is -3.42. The third kappa shape index (κ3) is 5.38. The molecule has 1 saturated heterocycles. The van der Waals surface area contributed by atoms with Crippen LogP contribution in [-0.2, 0) is 9.59 Å². The van der Waals surface area contributed by atoms with E-state index in [2.05, 4.69) is 5.32 Å². The van der Waals surface area contributed by atoms with Crippen molar-refractivity contribution < 1.29 is 14.3 Å². The number of aryl methyl sites for hydroxylation is 3. The molecule has 3 aromatic rings. The first kappa shape index (κ1) is 23.7. The van der Waals surface area contributed by atoms with Crippen molar-refractivity contribution in [1.82, 2.24) is 0 Å². The number of hydrogen-bond acceptors (Lipinski definition) is 5. The lowest BCUT2D eigenvalue weighted by molar-refractivity contribution is -0.118. The molecule has 5 nitrogen and oxygen atoms in total. The molecule has 0 unspecified atom stereocenters. The van der Waals surface area contributed by atoms with E-state index in [0.717, 1.165) is 33.6 Å². The lowest BCUT2D eigenvalue weighted by Gasteiger charge is -2.17. The van der Waals surface area contributed by atoms with Crippen molar-refractivity contribution in [2.75, 3.05) is 16.8 Å². The second-order valence-electron chi connectivity index (χ2n) is 8.03. The highest BCUT2D eigenvalue weighted by Gasteiger charge is 2.34. The number of thiocarbonyl (C=S) groups is 1. The lowest BCUT2D eigenvalue weighted by atomic mass is 10.1. The normalized spacial score (nSPS) is 14.6. The van der Waals surface area contributed by atoms with E-state index in [1.807, 2.05) is 81.4 Å². The maximum atomic E-state index is 13.1. The summed E-state index contributed by atoms with van der Waals surface area (Å²) in [6.45, 7) is 5.84. The van der Waals surface area contributed by atoms with Gasteiger partial charge in [0.25, 0.3) is 11.8 Å². The van der Waals surface area contributed by atoms with Gasteiger partial charge in [0.15, 0.2) is 10.9 Å². The predicted octanol–water partition coefficient (Wildman–Crippen LogP) is 6.04. The summed E-state index contributed by atoms with van der Waals surface area (Å²) in [5.74, 6) is 0.212. The van der Waals surface area contributed by atoms with Crippen molar-refractivity contribution in [3.63, 3.8) is 0 Å². The molecule has 0 bridgehead atoms. The summed E-state index contributed by atoms with van der Waals surface area (Å²) in [5.41, 5.74) is 5.55. The molecule has 4 rings (SSSR count). The second kappa shape index (κ2) is 10.2. The summed E-state index contributed by atoms with van der Waals surface area (Å²) in [7, 11) is 0. The van der Waals surface area contributed by atoms with Gasteiger partial charge in [0.2, 0.25) is 0 Å². The molecule has 0 aliphatic carbocycles. The van der Waals surface area contributed by atoms with Crippen LogP contribution in [0.2, 0.25) is 0 Å². The summed E-state index contributed by atoms with van der Waals surface area (Å²) < 4.78 is 6.12. The van der Waals surface area contributed by atoms with Gasteiger partial charge >= 0.3 is 0 Å². The number of nitrogens with one attached hydrogen (secondary N) is 1. The van der Waals surface area contributed by atoms with Crippen LogP contribution in [0.15, 0.2) is 71.6 Å². The Morgan fingerprint density at radius 2 is 1.76 bits per heavy atom. The van der Waals surface area contributed by atoms with Crippen molar-refractivity contribution in [3.05, 3.63) is 93.9 Å². The predicted molar refractivity (Wildman–Crippen MR) is 143 cm³/mol. The van der Waals surface area contributed by atoms with Crippen LogP contribution in [0, 0.1) is 20.8 Å². The van der Waals surface area contributed by atoms with Crippen LogP contribution < -0.4 is 15.0 Å². The molecular weight excluding hydrogens is 464 g/mol. The highest BCUT2D eigenvalue weighted by Crippen LogP contribution is 2.37. The van der Waals surface area contributed by atoms with E-state index in [9.17, 15) is 9.59 Å². The molecule has 0 saturated carbocycles. The summed E-state index contributed by atoms with van der Waals surface area (Å²) in [5, 5.41) is 2.84. The van der Waals surface area contributed by atoms with E-state index in [4.69, 9.17) is 17.0 Å². The number of carbonyl (C=O) groups is 2. The van der Waals surface area contributed by atoms with Crippen LogP contribution in [0.5, 0.6) is 5.75 Å². The molecule has 0 atom stereocenters. The zero-order valence-electron chi connectivity index (χ0n) is 19.1. The number of thioether (sulfide) groups is 1. The van der Waals surface area contributed by atoms with E-state index in [1.165, 1.54) is 11.8 Å². The first-order chi connectivity index (χ1) is 16.3. The van der Waals surface area contributed by atoms with E-state index < -0.39 is 0 Å². The summed E-state index contributed by atoms with van der Waals surface area (Å²) in [4.78, 5) is 27.4. The van der Waals surface area contributed by atoms with E-state index in [0.29, 0.717) is 15.0 Å². The third-order valence-electron chi connectivity index (χ3n) is 5.35. The number of benzene rings is 3. The number of nitrogens with zero attached hydrogens (tertiary/aromatic N) is 1. The summed E-state index contributed by atoms with van der Waals surface area (Å²) >= 11 is 6.78. The van der Waals surface area contributed by atoms with Crippen LogP contribution in [0.4, 0.5) is 11.4 Å². The minimum Gasteiger partial charge on any atom is -0.484 e. The molecule has 1 N–H and O–H groups in total. The van der Waals surface area contributed by atoms with Gasteiger partial charge in [-0.05, 0) is 67.8 Å². The fourth-order valence-corrected chi connectivity index (χ4v) is 4.88. The maximum absolute atomic E-state index is 13.1. The third-order valence-corrected chi connectivity index (χ3v) is 6.66. The van der Waals surface area contributed by atoms with Gasteiger partial charge in [0.1, 0.15) is 5.75 Å². The highest BCUT2D eigenvalue weighted by atomic mass is 32.2. The average molecular weight is 489 g/mol. The molecular formula is C27H24N2O3S2. The number of anilines is 2. The van der Waals surface area contributed by atoms with Crippen LogP contribution in [0.25, 0.3) is 6.08 Å². The van der Waals surface area contributed by atoms with E-state index >= 15 is 0 Å². The summed E-state index contributed by atoms with van der Waals surface area (Å²) in [6, 6.07) is 20.8. The van der Waals surface area contributed by atoms with Gasteiger partial charge < -0.3 is 10.1 Å². The van der Waals surface area contributed by atoms with Gasteiger partial charge in [0.05, 0.1) is 10.6 Å². The van der Waals surface area contributed by atoms with Crippen molar-refractivity contribution >= 4 is 57.6 Å². The van der Waals surface area contributed by atoms with Crippen molar-refractivity contribution in [2.45, 2.75) is 20.8 Å². The Kier molecular flexibility index (Phi) is 7.14. The van der Waals surface area contributed by atoms with Crippen molar-refractivity contribution in [2.24, 2.45) is 0 Å². The Bertz CT molecular complexity index is 1300. The first-order valence-corrected chi connectivity index (χ1v) is 12.0. The second-order valence-corrected chi connectivity index (χ2v) is 9.70. The number of para-hydroxylation sites is 1. The number of carbonyl (C=O) groups excluding carboxylic acids is 2. The van der Waals surface area contributed by atoms with E-state index in [-0.39, 0.29) is 18.4 Å². The molecule has 3 aromatic carbocycles. The smallest absolute Gasteiger partial charge is 0.270 e. The van der Waals surface area contributed by atoms with Crippen LogP contribution in [0.1, 0.15) is 22.3 Å². The van der Waals surface area contributed by atoms with Crippen molar-refractivity contribution in [1.29, 1.82) is 0 Å². The quantitative estimate of drug-likeness (QED) is 0.339.